The quantitative estimate of drug-likeness (QED) is 0.614. The predicted molar refractivity (Wildman–Crippen MR) is 85.7 cm³/mol. The summed E-state index contributed by atoms with van der Waals surface area (Å²) in [4.78, 5) is 0. The van der Waals surface area contributed by atoms with Gasteiger partial charge in [-0.1, -0.05) is 58.2 Å². The van der Waals surface area contributed by atoms with Crippen LogP contribution in [0.1, 0.15) is 46.5 Å². The maximum Gasteiger partial charge on any atom is 0.0340 e. The maximum absolute atomic E-state index is 3.56. The molecule has 0 bridgehead atoms. The standard InChI is InChI=1S/C17H30N2/c1-4-5-9-12-17(2,3)15-18-13-14-19-16-10-7-6-8-11-16/h6-8,10-11,18-19H,4-5,9,12-15H2,1-3H3. The van der Waals surface area contributed by atoms with Crippen molar-refractivity contribution in [3.8, 4) is 0 Å². The largest absolute Gasteiger partial charge is 0.384 e. The van der Waals surface area contributed by atoms with Gasteiger partial charge in [0.2, 0.25) is 0 Å². The first-order valence-electron chi connectivity index (χ1n) is 7.64. The van der Waals surface area contributed by atoms with Crippen LogP contribution in [0.2, 0.25) is 0 Å². The topological polar surface area (TPSA) is 24.1 Å². The van der Waals surface area contributed by atoms with E-state index in [1.54, 1.807) is 0 Å². The van der Waals surface area contributed by atoms with E-state index in [4.69, 9.17) is 0 Å². The number of nitrogens with one attached hydrogen (secondary N) is 2. The van der Waals surface area contributed by atoms with Crippen LogP contribution >= 0.6 is 0 Å². The number of hydrogen-bond acceptors (Lipinski definition) is 2. The zero-order valence-corrected chi connectivity index (χ0v) is 12.8. The van der Waals surface area contributed by atoms with Gasteiger partial charge in [-0.3, -0.25) is 0 Å². The minimum atomic E-state index is 0.419. The zero-order chi connectivity index (χ0) is 14.0. The molecule has 108 valence electrons. The molecule has 0 spiro atoms. The highest BCUT2D eigenvalue weighted by atomic mass is 14.9. The van der Waals surface area contributed by atoms with E-state index in [2.05, 4.69) is 55.7 Å². The Bertz CT molecular complexity index is 319. The van der Waals surface area contributed by atoms with Crippen LogP contribution < -0.4 is 10.6 Å². The number of hydrogen-bond donors (Lipinski definition) is 2. The average molecular weight is 262 g/mol. The smallest absolute Gasteiger partial charge is 0.0340 e. The summed E-state index contributed by atoms with van der Waals surface area (Å²) >= 11 is 0. The van der Waals surface area contributed by atoms with Crippen molar-refractivity contribution < 1.29 is 0 Å². The molecule has 2 N–H and O–H groups in total. The number of benzene rings is 1. The molecule has 2 heteroatoms. The average Bonchev–Trinajstić information content (AvgIpc) is 2.39. The van der Waals surface area contributed by atoms with Crippen molar-refractivity contribution in [1.82, 2.24) is 5.32 Å². The van der Waals surface area contributed by atoms with Crippen LogP contribution in [0.3, 0.4) is 0 Å². The predicted octanol–water partition coefficient (Wildman–Crippen LogP) is 4.29. The molecule has 0 aromatic heterocycles. The maximum atomic E-state index is 3.56. The second-order valence-corrected chi connectivity index (χ2v) is 6.09. The fraction of sp³-hybridized carbons (Fsp3) is 0.647. The molecule has 19 heavy (non-hydrogen) atoms. The second-order valence-electron chi connectivity index (χ2n) is 6.09. The molecule has 0 saturated carbocycles. The van der Waals surface area contributed by atoms with Gasteiger partial charge in [0.15, 0.2) is 0 Å². The highest BCUT2D eigenvalue weighted by Gasteiger charge is 2.16. The lowest BCUT2D eigenvalue weighted by molar-refractivity contribution is 0.304. The highest BCUT2D eigenvalue weighted by Crippen LogP contribution is 2.22. The van der Waals surface area contributed by atoms with Gasteiger partial charge < -0.3 is 10.6 Å². The molecular formula is C17H30N2. The molecule has 0 aliphatic carbocycles. The van der Waals surface area contributed by atoms with Crippen LogP contribution in [-0.4, -0.2) is 19.6 Å². The van der Waals surface area contributed by atoms with E-state index in [0.717, 1.165) is 19.6 Å². The fourth-order valence-electron chi connectivity index (χ4n) is 2.22. The third-order valence-electron chi connectivity index (χ3n) is 3.47. The van der Waals surface area contributed by atoms with Gasteiger partial charge in [0.25, 0.3) is 0 Å². The van der Waals surface area contributed by atoms with Crippen LogP contribution in [0.15, 0.2) is 30.3 Å². The van der Waals surface area contributed by atoms with Crippen molar-refractivity contribution in [3.63, 3.8) is 0 Å². The summed E-state index contributed by atoms with van der Waals surface area (Å²) in [6.07, 6.45) is 5.34. The van der Waals surface area contributed by atoms with Crippen molar-refractivity contribution in [3.05, 3.63) is 30.3 Å². The van der Waals surface area contributed by atoms with Gasteiger partial charge in [0, 0.05) is 25.3 Å². The van der Waals surface area contributed by atoms with Crippen molar-refractivity contribution in [2.24, 2.45) is 5.41 Å². The molecule has 0 heterocycles. The van der Waals surface area contributed by atoms with Gasteiger partial charge in [-0.05, 0) is 24.0 Å². The van der Waals surface area contributed by atoms with Gasteiger partial charge in [0.1, 0.15) is 0 Å². The Kier molecular flexibility index (Phi) is 7.57. The first-order chi connectivity index (χ1) is 9.14. The molecule has 0 fully saturated rings. The molecule has 1 aromatic carbocycles. The van der Waals surface area contributed by atoms with Gasteiger partial charge in [-0.2, -0.15) is 0 Å². The summed E-state index contributed by atoms with van der Waals surface area (Å²) in [5.41, 5.74) is 1.62. The Balaban J connectivity index is 2.06. The first-order valence-corrected chi connectivity index (χ1v) is 7.64. The van der Waals surface area contributed by atoms with E-state index in [9.17, 15) is 0 Å². The Morgan fingerprint density at radius 2 is 1.74 bits per heavy atom. The summed E-state index contributed by atoms with van der Waals surface area (Å²) in [6, 6.07) is 10.4. The van der Waals surface area contributed by atoms with Crippen LogP contribution in [0.25, 0.3) is 0 Å². The molecular weight excluding hydrogens is 232 g/mol. The van der Waals surface area contributed by atoms with Crippen LogP contribution in [0.4, 0.5) is 5.69 Å². The lowest BCUT2D eigenvalue weighted by Crippen LogP contribution is -2.32. The Morgan fingerprint density at radius 1 is 1.00 bits per heavy atom. The van der Waals surface area contributed by atoms with E-state index in [1.807, 2.05) is 6.07 Å². The molecule has 0 radical (unpaired) electrons. The third kappa shape index (κ3) is 7.89. The lowest BCUT2D eigenvalue weighted by atomic mass is 9.87. The van der Waals surface area contributed by atoms with Crippen molar-refractivity contribution in [2.75, 3.05) is 25.0 Å². The van der Waals surface area contributed by atoms with Crippen molar-refractivity contribution in [2.45, 2.75) is 46.5 Å². The SMILES string of the molecule is CCCCCC(C)(C)CNCCNc1ccccc1. The first kappa shape index (κ1) is 16.0. The fourth-order valence-corrected chi connectivity index (χ4v) is 2.22. The molecule has 0 aliphatic heterocycles. The Hall–Kier alpha value is -1.02. The summed E-state index contributed by atoms with van der Waals surface area (Å²) < 4.78 is 0. The molecule has 0 atom stereocenters. The lowest BCUT2D eigenvalue weighted by Gasteiger charge is -2.25. The molecule has 2 nitrogen and oxygen atoms in total. The van der Waals surface area contributed by atoms with Gasteiger partial charge in [-0.25, -0.2) is 0 Å². The molecule has 1 rings (SSSR count). The van der Waals surface area contributed by atoms with Gasteiger partial charge in [-0.15, -0.1) is 0 Å². The number of anilines is 1. The number of unbranched alkanes of at least 4 members (excludes halogenated alkanes) is 2. The Labute approximate surface area is 119 Å². The van der Waals surface area contributed by atoms with Crippen LogP contribution in [0.5, 0.6) is 0 Å². The van der Waals surface area contributed by atoms with E-state index in [-0.39, 0.29) is 0 Å². The van der Waals surface area contributed by atoms with Crippen molar-refractivity contribution in [1.29, 1.82) is 0 Å². The summed E-state index contributed by atoms with van der Waals surface area (Å²) in [5.74, 6) is 0. The van der Waals surface area contributed by atoms with E-state index < -0.39 is 0 Å². The van der Waals surface area contributed by atoms with Crippen molar-refractivity contribution >= 4 is 5.69 Å². The summed E-state index contributed by atoms with van der Waals surface area (Å²) in [5, 5.41) is 6.98. The third-order valence-corrected chi connectivity index (χ3v) is 3.47. The van der Waals surface area contributed by atoms with Gasteiger partial charge in [0.05, 0.1) is 0 Å². The molecule has 0 amide bonds. The van der Waals surface area contributed by atoms with E-state index in [1.165, 1.54) is 31.4 Å². The zero-order valence-electron chi connectivity index (χ0n) is 12.8. The molecule has 0 saturated heterocycles. The van der Waals surface area contributed by atoms with E-state index >= 15 is 0 Å². The monoisotopic (exact) mass is 262 g/mol. The number of rotatable bonds is 10. The molecule has 1 aromatic rings. The molecule has 0 aliphatic rings. The molecule has 0 unspecified atom stereocenters. The minimum absolute atomic E-state index is 0.419. The number of para-hydroxylation sites is 1. The van der Waals surface area contributed by atoms with Crippen LogP contribution in [0, 0.1) is 5.41 Å². The second kappa shape index (κ2) is 8.98. The minimum Gasteiger partial charge on any atom is -0.384 e. The highest BCUT2D eigenvalue weighted by molar-refractivity contribution is 5.42. The van der Waals surface area contributed by atoms with Gasteiger partial charge >= 0.3 is 0 Å². The Morgan fingerprint density at radius 3 is 2.42 bits per heavy atom. The summed E-state index contributed by atoms with van der Waals surface area (Å²) in [7, 11) is 0. The normalized spacial score (nSPS) is 11.5. The van der Waals surface area contributed by atoms with E-state index in [0.29, 0.717) is 5.41 Å². The summed E-state index contributed by atoms with van der Waals surface area (Å²) in [6.45, 7) is 10.1. The van der Waals surface area contributed by atoms with Crippen LogP contribution in [-0.2, 0) is 0 Å².